The first-order valence-electron chi connectivity index (χ1n) is 4.20. The molecule has 0 aliphatic heterocycles. The van der Waals surface area contributed by atoms with Crippen LogP contribution in [0.15, 0.2) is 33.6 Å². The molecule has 80 valence electrons. The Morgan fingerprint density at radius 1 is 1.53 bits per heavy atom. The molecule has 1 aromatic carbocycles. The highest BCUT2D eigenvalue weighted by atomic mass is 79.9. The Labute approximate surface area is 98.1 Å². The first kappa shape index (κ1) is 12.2. The van der Waals surface area contributed by atoms with Crippen LogP contribution in [0.2, 0.25) is 0 Å². The van der Waals surface area contributed by atoms with Gasteiger partial charge in [0.1, 0.15) is 0 Å². The van der Waals surface area contributed by atoms with Gasteiger partial charge in [-0.05, 0) is 25.1 Å². The lowest BCUT2D eigenvalue weighted by Crippen LogP contribution is -2.31. The summed E-state index contributed by atoms with van der Waals surface area (Å²) in [6, 6.07) is 5.92. The average molecular weight is 288 g/mol. The van der Waals surface area contributed by atoms with E-state index in [9.17, 15) is 8.42 Å². The molecular formula is C10H10BrNO2S. The van der Waals surface area contributed by atoms with Gasteiger partial charge in [0.05, 0.1) is 10.9 Å². The summed E-state index contributed by atoms with van der Waals surface area (Å²) in [5.74, 6) is 2.30. The second-order valence-corrected chi connectivity index (χ2v) is 5.60. The van der Waals surface area contributed by atoms with Crippen molar-refractivity contribution in [3.63, 3.8) is 0 Å². The summed E-state index contributed by atoms with van der Waals surface area (Å²) in [6.07, 6.45) is 5.10. The standard InChI is InChI=1S/C10H10BrNO2S/c1-3-8(2)12-15(13,14)10-6-4-5-9(11)7-10/h1,4-8,12H,2H3. The van der Waals surface area contributed by atoms with E-state index in [1.807, 2.05) is 0 Å². The second-order valence-electron chi connectivity index (χ2n) is 2.97. The molecule has 3 nitrogen and oxygen atoms in total. The van der Waals surface area contributed by atoms with Crippen molar-refractivity contribution >= 4 is 26.0 Å². The van der Waals surface area contributed by atoms with Crippen molar-refractivity contribution in [2.45, 2.75) is 17.9 Å². The molecule has 0 aliphatic carbocycles. The third kappa shape index (κ3) is 3.34. The zero-order chi connectivity index (χ0) is 11.5. The van der Waals surface area contributed by atoms with E-state index < -0.39 is 16.1 Å². The molecule has 0 aromatic heterocycles. The lowest BCUT2D eigenvalue weighted by atomic mass is 10.4. The Morgan fingerprint density at radius 3 is 2.73 bits per heavy atom. The summed E-state index contributed by atoms with van der Waals surface area (Å²) in [7, 11) is -3.52. The minimum absolute atomic E-state index is 0.193. The molecular weight excluding hydrogens is 278 g/mol. The van der Waals surface area contributed by atoms with E-state index in [4.69, 9.17) is 6.42 Å². The minimum atomic E-state index is -3.52. The van der Waals surface area contributed by atoms with Crippen LogP contribution in [0.1, 0.15) is 6.92 Å². The van der Waals surface area contributed by atoms with E-state index in [1.165, 1.54) is 12.1 Å². The molecule has 0 saturated carbocycles. The fourth-order valence-corrected chi connectivity index (χ4v) is 2.73. The van der Waals surface area contributed by atoms with Gasteiger partial charge >= 0.3 is 0 Å². The first-order chi connectivity index (χ1) is 6.95. The van der Waals surface area contributed by atoms with Crippen LogP contribution in [0.5, 0.6) is 0 Å². The zero-order valence-electron chi connectivity index (χ0n) is 8.07. The highest BCUT2D eigenvalue weighted by Gasteiger charge is 2.15. The molecule has 1 atom stereocenters. The average Bonchev–Trinajstić information content (AvgIpc) is 2.17. The SMILES string of the molecule is C#CC(C)NS(=O)(=O)c1cccc(Br)c1. The molecule has 0 aliphatic rings. The molecule has 0 heterocycles. The van der Waals surface area contributed by atoms with E-state index in [0.717, 1.165) is 0 Å². The van der Waals surface area contributed by atoms with Gasteiger partial charge in [-0.15, -0.1) is 6.42 Å². The van der Waals surface area contributed by atoms with Gasteiger partial charge in [0.15, 0.2) is 0 Å². The number of sulfonamides is 1. The normalized spacial score (nSPS) is 13.1. The fourth-order valence-electron chi connectivity index (χ4n) is 0.969. The number of hydrogen-bond acceptors (Lipinski definition) is 2. The Bertz CT molecular complexity index is 490. The Kier molecular flexibility index (Phi) is 3.91. The van der Waals surface area contributed by atoms with Gasteiger partial charge in [0.2, 0.25) is 10.0 Å². The van der Waals surface area contributed by atoms with Gasteiger partial charge in [-0.3, -0.25) is 0 Å². The summed E-state index contributed by atoms with van der Waals surface area (Å²) in [6.45, 7) is 1.61. The second kappa shape index (κ2) is 4.79. The van der Waals surface area contributed by atoms with Gasteiger partial charge in [0.25, 0.3) is 0 Å². The Morgan fingerprint density at radius 2 is 2.20 bits per heavy atom. The molecule has 0 saturated heterocycles. The number of benzene rings is 1. The maximum Gasteiger partial charge on any atom is 0.241 e. The van der Waals surface area contributed by atoms with E-state index in [0.29, 0.717) is 4.47 Å². The van der Waals surface area contributed by atoms with Crippen LogP contribution in [0.3, 0.4) is 0 Å². The summed E-state index contributed by atoms with van der Waals surface area (Å²) >= 11 is 3.21. The molecule has 15 heavy (non-hydrogen) atoms. The van der Waals surface area contributed by atoms with Gasteiger partial charge in [0, 0.05) is 4.47 Å². The van der Waals surface area contributed by atoms with E-state index in [1.54, 1.807) is 19.1 Å². The molecule has 1 N–H and O–H groups in total. The predicted octanol–water partition coefficient (Wildman–Crippen LogP) is 1.75. The highest BCUT2D eigenvalue weighted by Crippen LogP contribution is 2.15. The molecule has 1 aromatic rings. The minimum Gasteiger partial charge on any atom is -0.207 e. The van der Waals surface area contributed by atoms with Gasteiger partial charge in [-0.1, -0.05) is 27.9 Å². The number of terminal acetylenes is 1. The largest absolute Gasteiger partial charge is 0.241 e. The fraction of sp³-hybridized carbons (Fsp3) is 0.200. The third-order valence-corrected chi connectivity index (χ3v) is 3.72. The number of nitrogens with one attached hydrogen (secondary N) is 1. The lowest BCUT2D eigenvalue weighted by Gasteiger charge is -2.08. The molecule has 1 unspecified atom stereocenters. The molecule has 0 fully saturated rings. The highest BCUT2D eigenvalue weighted by molar-refractivity contribution is 9.10. The smallest absolute Gasteiger partial charge is 0.207 e. The van der Waals surface area contributed by atoms with Crippen LogP contribution in [0.25, 0.3) is 0 Å². The van der Waals surface area contributed by atoms with Crippen LogP contribution in [-0.4, -0.2) is 14.5 Å². The van der Waals surface area contributed by atoms with E-state index in [2.05, 4.69) is 26.6 Å². The monoisotopic (exact) mass is 287 g/mol. The van der Waals surface area contributed by atoms with Gasteiger partial charge < -0.3 is 0 Å². The van der Waals surface area contributed by atoms with Crippen LogP contribution in [0.4, 0.5) is 0 Å². The molecule has 5 heteroatoms. The van der Waals surface area contributed by atoms with Crippen molar-refractivity contribution in [1.29, 1.82) is 0 Å². The van der Waals surface area contributed by atoms with Crippen molar-refractivity contribution in [3.05, 3.63) is 28.7 Å². The summed E-state index contributed by atoms with van der Waals surface area (Å²) in [5.41, 5.74) is 0. The van der Waals surface area contributed by atoms with Crippen LogP contribution >= 0.6 is 15.9 Å². The van der Waals surface area contributed by atoms with Crippen molar-refractivity contribution in [2.24, 2.45) is 0 Å². The molecule has 1 rings (SSSR count). The molecule has 0 amide bonds. The molecule has 0 bridgehead atoms. The van der Waals surface area contributed by atoms with E-state index in [-0.39, 0.29) is 4.90 Å². The number of halogens is 1. The van der Waals surface area contributed by atoms with Gasteiger partial charge in [-0.2, -0.15) is 4.72 Å². The van der Waals surface area contributed by atoms with Crippen LogP contribution in [0, 0.1) is 12.3 Å². The number of rotatable bonds is 3. The van der Waals surface area contributed by atoms with Crippen molar-refractivity contribution < 1.29 is 8.42 Å². The number of hydrogen-bond donors (Lipinski definition) is 1. The molecule has 0 spiro atoms. The predicted molar refractivity (Wildman–Crippen MR) is 62.8 cm³/mol. The van der Waals surface area contributed by atoms with Gasteiger partial charge in [-0.25, -0.2) is 8.42 Å². The topological polar surface area (TPSA) is 46.2 Å². The quantitative estimate of drug-likeness (QED) is 0.861. The van der Waals surface area contributed by atoms with E-state index >= 15 is 0 Å². The third-order valence-electron chi connectivity index (χ3n) is 1.69. The first-order valence-corrected chi connectivity index (χ1v) is 6.47. The Hall–Kier alpha value is -0.830. The maximum atomic E-state index is 11.7. The van der Waals surface area contributed by atoms with Crippen molar-refractivity contribution in [2.75, 3.05) is 0 Å². The van der Waals surface area contributed by atoms with Crippen molar-refractivity contribution in [3.8, 4) is 12.3 Å². The zero-order valence-corrected chi connectivity index (χ0v) is 10.5. The van der Waals surface area contributed by atoms with Crippen LogP contribution < -0.4 is 4.72 Å². The van der Waals surface area contributed by atoms with Crippen LogP contribution in [-0.2, 0) is 10.0 Å². The molecule has 0 radical (unpaired) electrons. The summed E-state index contributed by atoms with van der Waals surface area (Å²) in [5, 5.41) is 0. The lowest BCUT2D eigenvalue weighted by molar-refractivity contribution is 0.577. The van der Waals surface area contributed by atoms with Crippen molar-refractivity contribution in [1.82, 2.24) is 4.72 Å². The maximum absolute atomic E-state index is 11.7. The summed E-state index contributed by atoms with van der Waals surface area (Å²) < 4.78 is 26.5. The summed E-state index contributed by atoms with van der Waals surface area (Å²) in [4.78, 5) is 0.193. The Balaban J connectivity index is 3.03.